The molecule has 0 aromatic rings. The first kappa shape index (κ1) is 19.2. The van der Waals surface area contributed by atoms with Crippen LogP contribution in [-0.4, -0.2) is 22.3 Å². The second-order valence-electron chi connectivity index (χ2n) is 10.4. The van der Waals surface area contributed by atoms with Gasteiger partial charge >= 0.3 is 5.97 Å². The molecule has 0 heterocycles. The van der Waals surface area contributed by atoms with Gasteiger partial charge in [0.05, 0.1) is 6.10 Å². The summed E-state index contributed by atoms with van der Waals surface area (Å²) in [5.41, 5.74) is 2.19. The van der Waals surface area contributed by atoms with Crippen molar-refractivity contribution in [3.63, 3.8) is 0 Å². The number of hydrogen-bond acceptors (Lipinski definition) is 2. The summed E-state index contributed by atoms with van der Waals surface area (Å²) in [6.07, 6.45) is 14.9. The summed E-state index contributed by atoms with van der Waals surface area (Å²) in [4.78, 5) is 11.0. The van der Waals surface area contributed by atoms with Crippen molar-refractivity contribution in [2.75, 3.05) is 0 Å². The summed E-state index contributed by atoms with van der Waals surface area (Å²) in [5.74, 6) is 2.42. The van der Waals surface area contributed by atoms with Gasteiger partial charge in [-0.3, -0.25) is 0 Å². The fraction of sp³-hybridized carbons (Fsp3) is 0.792. The lowest BCUT2D eigenvalue weighted by molar-refractivity contribution is -0.131. The number of carboxylic acids is 1. The summed E-state index contributed by atoms with van der Waals surface area (Å²) in [5, 5.41) is 19.1. The van der Waals surface area contributed by atoms with Crippen molar-refractivity contribution >= 4 is 5.97 Å². The van der Waals surface area contributed by atoms with Gasteiger partial charge in [-0.25, -0.2) is 4.79 Å². The molecule has 0 saturated heterocycles. The third kappa shape index (κ3) is 3.01. The zero-order valence-corrected chi connectivity index (χ0v) is 17.2. The number of hydrogen-bond donors (Lipinski definition) is 2. The molecular weight excluding hydrogens is 336 g/mol. The summed E-state index contributed by atoms with van der Waals surface area (Å²) in [7, 11) is 0. The highest BCUT2D eigenvalue weighted by molar-refractivity contribution is 5.79. The molecular formula is C24H36O3. The molecule has 0 aliphatic heterocycles. The van der Waals surface area contributed by atoms with E-state index in [-0.39, 0.29) is 6.10 Å². The average molecular weight is 373 g/mol. The van der Waals surface area contributed by atoms with Crippen LogP contribution in [0.2, 0.25) is 0 Å². The van der Waals surface area contributed by atoms with Crippen LogP contribution < -0.4 is 0 Å². The maximum absolute atomic E-state index is 11.0. The van der Waals surface area contributed by atoms with E-state index in [0.29, 0.717) is 22.7 Å². The third-order valence-electron chi connectivity index (χ3n) is 9.33. The molecule has 8 atom stereocenters. The minimum Gasteiger partial charge on any atom is -0.478 e. The van der Waals surface area contributed by atoms with Gasteiger partial charge in [-0.1, -0.05) is 38.5 Å². The number of allylic oxidation sites excluding steroid dienone is 2. The zero-order valence-electron chi connectivity index (χ0n) is 17.2. The maximum atomic E-state index is 11.0. The lowest BCUT2D eigenvalue weighted by atomic mass is 9.47. The van der Waals surface area contributed by atoms with Gasteiger partial charge in [-0.15, -0.1) is 0 Å². The van der Waals surface area contributed by atoms with E-state index in [1.165, 1.54) is 38.2 Å². The van der Waals surface area contributed by atoms with Gasteiger partial charge in [-0.2, -0.15) is 0 Å². The first-order valence-corrected chi connectivity index (χ1v) is 11.0. The largest absolute Gasteiger partial charge is 0.478 e. The first-order valence-electron chi connectivity index (χ1n) is 11.0. The number of carbonyl (C=O) groups is 1. The Labute approximate surface area is 163 Å². The van der Waals surface area contributed by atoms with Crippen molar-refractivity contribution in [1.82, 2.24) is 0 Å². The van der Waals surface area contributed by atoms with Crippen LogP contribution in [0.15, 0.2) is 23.8 Å². The molecule has 0 spiro atoms. The molecule has 0 aromatic heterocycles. The van der Waals surface area contributed by atoms with Crippen LogP contribution in [-0.2, 0) is 4.79 Å². The normalized spacial score (nSPS) is 47.7. The Kier molecular flexibility index (Phi) is 4.81. The second kappa shape index (κ2) is 6.76. The van der Waals surface area contributed by atoms with Gasteiger partial charge in [0, 0.05) is 6.08 Å². The highest BCUT2D eigenvalue weighted by atomic mass is 16.4. The molecule has 4 aliphatic rings. The Morgan fingerprint density at radius 3 is 2.70 bits per heavy atom. The van der Waals surface area contributed by atoms with Crippen molar-refractivity contribution in [1.29, 1.82) is 0 Å². The lowest BCUT2D eigenvalue weighted by Gasteiger charge is -2.58. The van der Waals surface area contributed by atoms with E-state index in [1.54, 1.807) is 5.57 Å². The summed E-state index contributed by atoms with van der Waals surface area (Å²) in [6, 6.07) is 0. The number of fused-ring (bicyclic) bond motifs is 5. The van der Waals surface area contributed by atoms with E-state index < -0.39 is 5.97 Å². The molecule has 0 radical (unpaired) electrons. The number of rotatable bonds is 3. The number of aliphatic hydroxyl groups excluding tert-OH is 1. The Morgan fingerprint density at radius 1 is 1.19 bits per heavy atom. The minimum absolute atomic E-state index is 0.132. The summed E-state index contributed by atoms with van der Waals surface area (Å²) < 4.78 is 0. The van der Waals surface area contributed by atoms with Crippen molar-refractivity contribution in [3.05, 3.63) is 23.8 Å². The predicted octanol–water partition coefficient (Wildman–Crippen LogP) is 5.20. The van der Waals surface area contributed by atoms with Crippen molar-refractivity contribution in [2.45, 2.75) is 78.2 Å². The van der Waals surface area contributed by atoms with E-state index in [1.807, 2.05) is 6.08 Å². The van der Waals surface area contributed by atoms with Crippen LogP contribution in [0.1, 0.15) is 72.1 Å². The van der Waals surface area contributed by atoms with Gasteiger partial charge in [0.1, 0.15) is 0 Å². The fourth-order valence-electron chi connectivity index (χ4n) is 7.91. The Balaban J connectivity index is 1.58. The van der Waals surface area contributed by atoms with E-state index in [4.69, 9.17) is 5.11 Å². The second-order valence-corrected chi connectivity index (χ2v) is 10.4. The number of aliphatic carboxylic acids is 1. The van der Waals surface area contributed by atoms with Crippen LogP contribution >= 0.6 is 0 Å². The van der Waals surface area contributed by atoms with Crippen molar-refractivity contribution in [2.24, 2.45) is 40.4 Å². The van der Waals surface area contributed by atoms with E-state index in [0.717, 1.165) is 37.0 Å². The van der Waals surface area contributed by atoms with Gasteiger partial charge in [0.2, 0.25) is 0 Å². The molecule has 0 bridgehead atoms. The van der Waals surface area contributed by atoms with Gasteiger partial charge < -0.3 is 10.2 Å². The summed E-state index contributed by atoms with van der Waals surface area (Å²) in [6.45, 7) is 7.20. The molecule has 150 valence electrons. The SMILES string of the molecule is CC(/C=C/C(=O)O)[C@H]1CC[C@H]2[C@@H]3CC=C4C[C@@H](O)CC[C@]4(C)[C@H]3CC[C@]12C. The molecule has 3 heteroatoms. The van der Waals surface area contributed by atoms with Crippen LogP contribution in [0.3, 0.4) is 0 Å². The molecule has 0 amide bonds. The number of carboxylic acid groups (broad SMARTS) is 1. The highest BCUT2D eigenvalue weighted by Gasteiger charge is 2.58. The smallest absolute Gasteiger partial charge is 0.327 e. The molecule has 4 rings (SSSR count). The van der Waals surface area contributed by atoms with E-state index >= 15 is 0 Å². The Hall–Kier alpha value is -1.09. The number of aliphatic hydroxyl groups is 1. The molecule has 4 aliphatic carbocycles. The zero-order chi connectivity index (χ0) is 19.4. The molecule has 3 saturated carbocycles. The van der Waals surface area contributed by atoms with Crippen molar-refractivity contribution < 1.29 is 15.0 Å². The van der Waals surface area contributed by atoms with Gasteiger partial charge in [-0.05, 0) is 91.8 Å². The molecule has 3 fully saturated rings. The quantitative estimate of drug-likeness (QED) is 0.528. The van der Waals surface area contributed by atoms with E-state index in [2.05, 4.69) is 26.8 Å². The molecule has 1 unspecified atom stereocenters. The molecule has 0 aromatic carbocycles. The highest BCUT2D eigenvalue weighted by Crippen LogP contribution is 2.67. The van der Waals surface area contributed by atoms with Gasteiger partial charge in [0.15, 0.2) is 0 Å². The lowest BCUT2D eigenvalue weighted by Crippen LogP contribution is -2.50. The van der Waals surface area contributed by atoms with Crippen LogP contribution in [0, 0.1) is 40.4 Å². The predicted molar refractivity (Wildman–Crippen MR) is 107 cm³/mol. The Morgan fingerprint density at radius 2 is 1.96 bits per heavy atom. The average Bonchev–Trinajstić information content (AvgIpc) is 2.97. The molecule has 27 heavy (non-hydrogen) atoms. The van der Waals surface area contributed by atoms with Crippen LogP contribution in [0.25, 0.3) is 0 Å². The molecule has 2 N–H and O–H groups in total. The standard InChI is InChI=1S/C24H36O3/c1-15(4-9-22(26)27)19-7-8-20-18-6-5-16-14-17(25)10-12-23(16,2)21(18)11-13-24(19,20)3/h4-5,9,15,17-21,25H,6-8,10-14H2,1-3H3,(H,26,27)/b9-4+/t15?,17-,18-,19+,20-,21-,23-,24+/m0/s1. The molecule has 3 nitrogen and oxygen atoms in total. The monoisotopic (exact) mass is 372 g/mol. The fourth-order valence-corrected chi connectivity index (χ4v) is 7.91. The van der Waals surface area contributed by atoms with Crippen LogP contribution in [0.4, 0.5) is 0 Å². The maximum Gasteiger partial charge on any atom is 0.327 e. The summed E-state index contributed by atoms with van der Waals surface area (Å²) >= 11 is 0. The van der Waals surface area contributed by atoms with E-state index in [9.17, 15) is 9.90 Å². The van der Waals surface area contributed by atoms with Crippen LogP contribution in [0.5, 0.6) is 0 Å². The third-order valence-corrected chi connectivity index (χ3v) is 9.33. The minimum atomic E-state index is -0.831. The Bertz CT molecular complexity index is 665. The van der Waals surface area contributed by atoms with Gasteiger partial charge in [0.25, 0.3) is 0 Å². The topological polar surface area (TPSA) is 57.5 Å². The first-order chi connectivity index (χ1) is 12.8. The van der Waals surface area contributed by atoms with Crippen molar-refractivity contribution in [3.8, 4) is 0 Å².